The van der Waals surface area contributed by atoms with Crippen molar-refractivity contribution in [3.05, 3.63) is 53.8 Å². The van der Waals surface area contributed by atoms with E-state index in [-0.39, 0.29) is 59.6 Å². The topological polar surface area (TPSA) is 128 Å². The summed E-state index contributed by atoms with van der Waals surface area (Å²) in [5, 5.41) is 12.6. The molecule has 0 aromatic heterocycles. The maximum absolute atomic E-state index is 13.6. The monoisotopic (exact) mass is 550 g/mol. The van der Waals surface area contributed by atoms with Gasteiger partial charge in [-0.3, -0.25) is 9.52 Å². The van der Waals surface area contributed by atoms with Crippen LogP contribution in [0.15, 0.2) is 47.4 Å². The van der Waals surface area contributed by atoms with E-state index in [1.807, 2.05) is 20.8 Å². The zero-order valence-electron chi connectivity index (χ0n) is 22.1. The number of rotatable bonds is 8. The number of halogens is 1. The van der Waals surface area contributed by atoms with Gasteiger partial charge in [0, 0.05) is 25.6 Å². The highest BCUT2D eigenvalue weighted by Gasteiger charge is 2.35. The molecule has 1 aliphatic heterocycles. The van der Waals surface area contributed by atoms with E-state index < -0.39 is 33.9 Å². The number of nitrogens with zero attached hydrogens (tertiary/aromatic N) is 2. The summed E-state index contributed by atoms with van der Waals surface area (Å²) in [5.74, 6) is -1.30. The van der Waals surface area contributed by atoms with Gasteiger partial charge in [0.05, 0.1) is 35.3 Å². The molecule has 2 aromatic rings. The van der Waals surface area contributed by atoms with Gasteiger partial charge in [-0.05, 0) is 57.2 Å². The van der Waals surface area contributed by atoms with E-state index in [1.165, 1.54) is 28.0 Å². The van der Waals surface area contributed by atoms with Crippen molar-refractivity contribution in [2.75, 3.05) is 31.5 Å². The van der Waals surface area contributed by atoms with Crippen LogP contribution in [-0.4, -0.2) is 80.2 Å². The third-order valence-corrected chi connectivity index (χ3v) is 7.65. The number of ether oxygens (including phenoxy) is 1. The van der Waals surface area contributed by atoms with E-state index >= 15 is 0 Å². The van der Waals surface area contributed by atoms with E-state index in [0.29, 0.717) is 0 Å². The molecule has 10 nitrogen and oxygen atoms in total. The van der Waals surface area contributed by atoms with Gasteiger partial charge in [-0.2, -0.15) is 0 Å². The minimum absolute atomic E-state index is 0.00699. The van der Waals surface area contributed by atoms with Crippen LogP contribution in [0.2, 0.25) is 0 Å². The predicted octanol–water partition coefficient (Wildman–Crippen LogP) is 2.90. The zero-order valence-corrected chi connectivity index (χ0v) is 23.0. The summed E-state index contributed by atoms with van der Waals surface area (Å²) < 4.78 is 48.3. The molecule has 12 heteroatoms. The molecule has 3 atom stereocenters. The minimum atomic E-state index is -4.15. The van der Waals surface area contributed by atoms with Crippen LogP contribution < -0.4 is 14.8 Å². The van der Waals surface area contributed by atoms with Gasteiger partial charge in [0.1, 0.15) is 11.9 Å². The number of aliphatic hydroxyl groups excluding tert-OH is 1. The van der Waals surface area contributed by atoms with Crippen LogP contribution in [0.1, 0.15) is 38.1 Å². The second-order valence-electron chi connectivity index (χ2n) is 9.85. The van der Waals surface area contributed by atoms with Crippen LogP contribution in [0, 0.1) is 11.7 Å². The van der Waals surface area contributed by atoms with E-state index in [0.717, 1.165) is 24.3 Å². The van der Waals surface area contributed by atoms with Gasteiger partial charge in [0.15, 0.2) is 5.75 Å². The summed E-state index contributed by atoms with van der Waals surface area (Å²) in [4.78, 5) is 29.0. The largest absolute Gasteiger partial charge is 0.485 e. The Bertz CT molecular complexity index is 1250. The molecule has 0 unspecified atom stereocenters. The Hall–Kier alpha value is -3.38. The number of fused-ring (bicyclic) bond motifs is 1. The number of nitrogens with one attached hydrogen (secondary N) is 2. The van der Waals surface area contributed by atoms with Crippen molar-refractivity contribution in [2.24, 2.45) is 5.92 Å². The number of anilines is 1. The number of carbonyl (C=O) groups is 2. The molecule has 3 amide bonds. The average molecular weight is 551 g/mol. The number of aliphatic hydroxyl groups is 1. The summed E-state index contributed by atoms with van der Waals surface area (Å²) >= 11 is 0. The SMILES string of the molecule is CC(C)NC(=O)N(C)C[C@@H]1Oc2c(NS(=O)(=O)c3ccc(F)cc3)cccc2C(=O)N([C@H](C)CO)C[C@@H]1C. The van der Waals surface area contributed by atoms with Crippen LogP contribution >= 0.6 is 0 Å². The quantitative estimate of drug-likeness (QED) is 0.464. The first-order valence-corrected chi connectivity index (χ1v) is 13.8. The van der Waals surface area contributed by atoms with Gasteiger partial charge < -0.3 is 25.0 Å². The Balaban J connectivity index is 2.05. The lowest BCUT2D eigenvalue weighted by Gasteiger charge is -2.38. The lowest BCUT2D eigenvalue weighted by Crippen LogP contribution is -2.51. The van der Waals surface area contributed by atoms with E-state index in [2.05, 4.69) is 10.0 Å². The fourth-order valence-electron chi connectivity index (χ4n) is 4.07. The Morgan fingerprint density at radius 1 is 1.21 bits per heavy atom. The highest BCUT2D eigenvalue weighted by Crippen LogP contribution is 2.36. The van der Waals surface area contributed by atoms with Crippen molar-refractivity contribution < 1.29 is 32.2 Å². The van der Waals surface area contributed by atoms with E-state index in [4.69, 9.17) is 4.74 Å². The van der Waals surface area contributed by atoms with Crippen LogP contribution in [0.25, 0.3) is 0 Å². The second kappa shape index (κ2) is 12.0. The third-order valence-electron chi connectivity index (χ3n) is 6.27. The lowest BCUT2D eigenvalue weighted by molar-refractivity contribution is 0.0369. The van der Waals surface area contributed by atoms with Gasteiger partial charge in [-0.25, -0.2) is 17.6 Å². The normalized spacial score (nSPS) is 18.6. The van der Waals surface area contributed by atoms with Gasteiger partial charge in [-0.1, -0.05) is 13.0 Å². The summed E-state index contributed by atoms with van der Waals surface area (Å²) in [5.41, 5.74) is 0.126. The number of carbonyl (C=O) groups excluding carboxylic acids is 2. The Labute approximate surface area is 222 Å². The third kappa shape index (κ3) is 6.73. The number of hydrogen-bond donors (Lipinski definition) is 3. The van der Waals surface area contributed by atoms with E-state index in [9.17, 15) is 27.5 Å². The maximum atomic E-state index is 13.6. The van der Waals surface area contributed by atoms with Gasteiger partial charge >= 0.3 is 6.03 Å². The summed E-state index contributed by atoms with van der Waals surface area (Å²) in [7, 11) is -2.53. The molecule has 38 heavy (non-hydrogen) atoms. The van der Waals surface area contributed by atoms with Crippen LogP contribution in [0.3, 0.4) is 0 Å². The van der Waals surface area contributed by atoms with Crippen molar-refractivity contribution >= 4 is 27.6 Å². The van der Waals surface area contributed by atoms with Crippen molar-refractivity contribution in [1.29, 1.82) is 0 Å². The fraction of sp³-hybridized carbons (Fsp3) is 0.462. The minimum Gasteiger partial charge on any atom is -0.485 e. The predicted molar refractivity (Wildman–Crippen MR) is 141 cm³/mol. The molecule has 208 valence electrons. The summed E-state index contributed by atoms with van der Waals surface area (Å²) in [6.45, 7) is 7.38. The first-order valence-electron chi connectivity index (χ1n) is 12.4. The van der Waals surface area contributed by atoms with E-state index in [1.54, 1.807) is 14.0 Å². The molecule has 1 heterocycles. The maximum Gasteiger partial charge on any atom is 0.317 e. The number of likely N-dealkylation sites (N-methyl/N-ethyl adjacent to an activating group) is 1. The first-order chi connectivity index (χ1) is 17.8. The van der Waals surface area contributed by atoms with Crippen molar-refractivity contribution in [2.45, 2.75) is 50.8 Å². The highest BCUT2D eigenvalue weighted by molar-refractivity contribution is 7.92. The number of para-hydroxylation sites is 1. The fourth-order valence-corrected chi connectivity index (χ4v) is 5.13. The number of benzene rings is 2. The molecule has 3 N–H and O–H groups in total. The van der Waals surface area contributed by atoms with Crippen LogP contribution in [-0.2, 0) is 10.0 Å². The first kappa shape index (κ1) is 29.2. The Morgan fingerprint density at radius 3 is 2.47 bits per heavy atom. The summed E-state index contributed by atoms with van der Waals surface area (Å²) in [6.07, 6.45) is -0.630. The average Bonchev–Trinajstić information content (AvgIpc) is 2.85. The molecule has 0 saturated carbocycles. The number of hydrogen-bond acceptors (Lipinski definition) is 6. The summed E-state index contributed by atoms with van der Waals surface area (Å²) in [6, 6.07) is 7.95. The molecule has 1 aliphatic rings. The van der Waals surface area contributed by atoms with Gasteiger partial charge in [0.25, 0.3) is 15.9 Å². The molecule has 0 bridgehead atoms. The molecule has 2 aromatic carbocycles. The van der Waals surface area contributed by atoms with Crippen LogP contribution in [0.5, 0.6) is 5.75 Å². The molecular formula is C26H35FN4O6S. The van der Waals surface area contributed by atoms with Crippen molar-refractivity contribution in [3.8, 4) is 5.75 Å². The molecule has 0 fully saturated rings. The molecule has 0 aliphatic carbocycles. The number of amides is 3. The van der Waals surface area contributed by atoms with Crippen molar-refractivity contribution in [1.82, 2.24) is 15.1 Å². The molecule has 0 radical (unpaired) electrons. The zero-order chi connectivity index (χ0) is 28.2. The second-order valence-corrected chi connectivity index (χ2v) is 11.5. The Kier molecular flexibility index (Phi) is 9.21. The smallest absolute Gasteiger partial charge is 0.317 e. The Morgan fingerprint density at radius 2 is 1.87 bits per heavy atom. The van der Waals surface area contributed by atoms with Crippen LogP contribution in [0.4, 0.5) is 14.9 Å². The van der Waals surface area contributed by atoms with Gasteiger partial charge in [0.2, 0.25) is 0 Å². The number of sulfonamides is 1. The van der Waals surface area contributed by atoms with Gasteiger partial charge in [-0.15, -0.1) is 0 Å². The standard InChI is InChI=1S/C26H35FN4O6S/c1-16(2)28-26(34)30(5)14-23-17(3)13-31(18(4)15-32)25(33)21-7-6-8-22(24(21)37-23)29-38(35,36)20-11-9-19(27)10-12-20/h6-12,16-18,23,29,32H,13-15H2,1-5H3,(H,28,34)/t17-,18+,23-/m0/s1. The molecular weight excluding hydrogens is 515 g/mol. The highest BCUT2D eigenvalue weighted by atomic mass is 32.2. The molecule has 0 spiro atoms. The molecule has 3 rings (SSSR count). The number of urea groups is 1. The molecule has 0 saturated heterocycles. The lowest BCUT2D eigenvalue weighted by atomic mass is 9.99. The van der Waals surface area contributed by atoms with Crippen molar-refractivity contribution in [3.63, 3.8) is 0 Å².